The Balaban J connectivity index is 2.36. The summed E-state index contributed by atoms with van der Waals surface area (Å²) in [5, 5.41) is 9.04. The van der Waals surface area contributed by atoms with E-state index >= 15 is 0 Å². The Bertz CT molecular complexity index is 335. The van der Waals surface area contributed by atoms with E-state index in [1.54, 1.807) is 0 Å². The standard InChI is InChI=1S/C12H16O2/c1-9-5-6-10-4-2-3-7-12(9,10)8-11(13)14/h5-6,10H,1-4,7-8H2,(H,13,14)/t10?,12-/m0/s1/i8D/t8-,10?,12-. The molecule has 2 aliphatic rings. The highest BCUT2D eigenvalue weighted by atomic mass is 16.4. The molecule has 0 saturated heterocycles. The third-order valence-corrected chi connectivity index (χ3v) is 3.53. The number of aliphatic carboxylic acids is 1. The van der Waals surface area contributed by atoms with Crippen molar-refractivity contribution in [1.29, 1.82) is 0 Å². The summed E-state index contributed by atoms with van der Waals surface area (Å²) in [4.78, 5) is 11.0. The Morgan fingerprint density at radius 1 is 1.79 bits per heavy atom. The Morgan fingerprint density at radius 3 is 3.29 bits per heavy atom. The van der Waals surface area contributed by atoms with Crippen molar-refractivity contribution in [3.63, 3.8) is 0 Å². The van der Waals surface area contributed by atoms with Crippen LogP contribution in [-0.2, 0) is 4.79 Å². The molecule has 3 atom stereocenters. The fraction of sp³-hybridized carbons (Fsp3) is 0.583. The van der Waals surface area contributed by atoms with Gasteiger partial charge in [-0.3, -0.25) is 4.79 Å². The van der Waals surface area contributed by atoms with E-state index in [1.807, 2.05) is 12.2 Å². The van der Waals surface area contributed by atoms with E-state index in [0.29, 0.717) is 0 Å². The second kappa shape index (κ2) is 3.26. The maximum absolute atomic E-state index is 11.0. The van der Waals surface area contributed by atoms with Crippen LogP contribution in [0.1, 0.15) is 33.5 Å². The van der Waals surface area contributed by atoms with Crippen molar-refractivity contribution >= 4 is 5.97 Å². The molecule has 0 aromatic rings. The monoisotopic (exact) mass is 193 g/mol. The minimum Gasteiger partial charge on any atom is -0.481 e. The van der Waals surface area contributed by atoms with Gasteiger partial charge in [-0.2, -0.15) is 0 Å². The lowest BCUT2D eigenvalue weighted by atomic mass is 9.64. The molecule has 0 aromatic heterocycles. The second-order valence-electron chi connectivity index (χ2n) is 4.26. The Hall–Kier alpha value is -1.05. The van der Waals surface area contributed by atoms with Crippen molar-refractivity contribution in [1.82, 2.24) is 0 Å². The van der Waals surface area contributed by atoms with Crippen LogP contribution in [0.5, 0.6) is 0 Å². The van der Waals surface area contributed by atoms with Crippen molar-refractivity contribution in [2.75, 3.05) is 0 Å². The molecule has 0 aromatic carbocycles. The molecule has 2 heteroatoms. The highest BCUT2D eigenvalue weighted by molar-refractivity contribution is 5.69. The zero-order chi connectivity index (χ0) is 11.1. The fourth-order valence-electron chi connectivity index (χ4n) is 2.77. The third kappa shape index (κ3) is 1.29. The first-order valence-electron chi connectivity index (χ1n) is 5.69. The summed E-state index contributed by atoms with van der Waals surface area (Å²) in [6, 6.07) is 0. The molecule has 0 amide bonds. The molecular formula is C12H16O2. The first kappa shape index (κ1) is 8.27. The molecule has 76 valence electrons. The van der Waals surface area contributed by atoms with Crippen molar-refractivity contribution in [3.05, 3.63) is 24.3 Å². The number of carbonyl (C=O) groups is 1. The first-order chi connectivity index (χ1) is 7.09. The van der Waals surface area contributed by atoms with Gasteiger partial charge in [0.2, 0.25) is 0 Å². The van der Waals surface area contributed by atoms with Gasteiger partial charge in [0.1, 0.15) is 0 Å². The molecular weight excluding hydrogens is 176 g/mol. The van der Waals surface area contributed by atoms with Gasteiger partial charge in [0.15, 0.2) is 0 Å². The normalized spacial score (nSPS) is 39.0. The van der Waals surface area contributed by atoms with Crippen LogP contribution in [0.15, 0.2) is 24.3 Å². The molecule has 14 heavy (non-hydrogen) atoms. The van der Waals surface area contributed by atoms with E-state index in [2.05, 4.69) is 6.58 Å². The molecule has 1 saturated carbocycles. The van der Waals surface area contributed by atoms with E-state index in [1.165, 1.54) is 0 Å². The number of allylic oxidation sites excluding steroid dienone is 3. The number of fused-ring (bicyclic) bond motifs is 1. The second-order valence-corrected chi connectivity index (χ2v) is 4.26. The zero-order valence-corrected chi connectivity index (χ0v) is 8.20. The van der Waals surface area contributed by atoms with Gasteiger partial charge in [-0.25, -0.2) is 0 Å². The van der Waals surface area contributed by atoms with E-state index in [9.17, 15) is 4.79 Å². The first-order valence-corrected chi connectivity index (χ1v) is 5.11. The SMILES string of the molecule is [2H][C@@H](C(=O)O)[C@]12CCCCC1C=CC2=C. The van der Waals surface area contributed by atoms with Crippen molar-refractivity contribution < 1.29 is 11.3 Å². The highest BCUT2D eigenvalue weighted by Crippen LogP contribution is 2.53. The summed E-state index contributed by atoms with van der Waals surface area (Å²) in [7, 11) is 0. The number of rotatable bonds is 2. The third-order valence-electron chi connectivity index (χ3n) is 3.53. The predicted molar refractivity (Wildman–Crippen MR) is 54.9 cm³/mol. The Labute approximate surface area is 85.7 Å². The largest absolute Gasteiger partial charge is 0.481 e. The molecule has 2 nitrogen and oxygen atoms in total. The van der Waals surface area contributed by atoms with Crippen LogP contribution >= 0.6 is 0 Å². The number of carboxylic acid groups (broad SMARTS) is 1. The van der Waals surface area contributed by atoms with Crippen LogP contribution in [0, 0.1) is 11.3 Å². The maximum atomic E-state index is 11.0. The number of hydrogen-bond acceptors (Lipinski definition) is 1. The van der Waals surface area contributed by atoms with Gasteiger partial charge in [-0.05, 0) is 24.3 Å². The van der Waals surface area contributed by atoms with E-state index in [-0.39, 0.29) is 5.92 Å². The van der Waals surface area contributed by atoms with Crippen LogP contribution in [0.3, 0.4) is 0 Å². The van der Waals surface area contributed by atoms with E-state index in [0.717, 1.165) is 31.3 Å². The van der Waals surface area contributed by atoms with Gasteiger partial charge in [0.25, 0.3) is 0 Å². The van der Waals surface area contributed by atoms with Crippen LogP contribution < -0.4 is 0 Å². The molecule has 1 fully saturated rings. The summed E-state index contributed by atoms with van der Waals surface area (Å²) in [6.45, 7) is 3.94. The highest BCUT2D eigenvalue weighted by Gasteiger charge is 2.45. The van der Waals surface area contributed by atoms with Crippen LogP contribution in [-0.4, -0.2) is 11.1 Å². The molecule has 0 spiro atoms. The topological polar surface area (TPSA) is 37.3 Å². The van der Waals surface area contributed by atoms with Gasteiger partial charge >= 0.3 is 5.97 Å². The molecule has 0 heterocycles. The van der Waals surface area contributed by atoms with Crippen molar-refractivity contribution in [3.8, 4) is 0 Å². The van der Waals surface area contributed by atoms with Gasteiger partial charge in [-0.15, -0.1) is 0 Å². The van der Waals surface area contributed by atoms with Gasteiger partial charge < -0.3 is 5.11 Å². The van der Waals surface area contributed by atoms with Crippen molar-refractivity contribution in [2.24, 2.45) is 11.3 Å². The molecule has 0 bridgehead atoms. The zero-order valence-electron chi connectivity index (χ0n) is 9.20. The summed E-state index contributed by atoms with van der Waals surface area (Å²) in [5.74, 6) is -0.802. The summed E-state index contributed by atoms with van der Waals surface area (Å²) >= 11 is 0. The fourth-order valence-corrected chi connectivity index (χ4v) is 2.77. The van der Waals surface area contributed by atoms with Crippen LogP contribution in [0.2, 0.25) is 0 Å². The van der Waals surface area contributed by atoms with E-state index in [4.69, 9.17) is 6.48 Å². The smallest absolute Gasteiger partial charge is 0.304 e. The van der Waals surface area contributed by atoms with Crippen molar-refractivity contribution in [2.45, 2.75) is 32.1 Å². The van der Waals surface area contributed by atoms with Gasteiger partial charge in [-0.1, -0.05) is 31.6 Å². The molecule has 1 N–H and O–H groups in total. The molecule has 2 aliphatic carbocycles. The number of carboxylic acids is 1. The van der Waals surface area contributed by atoms with E-state index < -0.39 is 17.8 Å². The summed E-state index contributed by atoms with van der Waals surface area (Å²) in [5.41, 5.74) is 0.332. The minimum absolute atomic E-state index is 0.220. The lowest BCUT2D eigenvalue weighted by Gasteiger charge is -2.39. The van der Waals surface area contributed by atoms with Crippen LogP contribution in [0.4, 0.5) is 0 Å². The number of hydrogen-bond donors (Lipinski definition) is 1. The molecule has 0 radical (unpaired) electrons. The molecule has 2 rings (SSSR count). The predicted octanol–water partition coefficient (Wildman–Crippen LogP) is 2.76. The van der Waals surface area contributed by atoms with Gasteiger partial charge in [0, 0.05) is 6.79 Å². The minimum atomic E-state index is -1.06. The Kier molecular flexibility index (Phi) is 1.93. The molecule has 1 unspecified atom stereocenters. The van der Waals surface area contributed by atoms with Gasteiger partial charge in [0.05, 0.1) is 6.40 Å². The maximum Gasteiger partial charge on any atom is 0.304 e. The average Bonchev–Trinajstić information content (AvgIpc) is 2.57. The lowest BCUT2D eigenvalue weighted by molar-refractivity contribution is -0.140. The average molecular weight is 193 g/mol. The lowest BCUT2D eigenvalue weighted by Crippen LogP contribution is -2.33. The molecule has 0 aliphatic heterocycles. The summed E-state index contributed by atoms with van der Waals surface area (Å²) < 4.78 is 7.87. The quantitative estimate of drug-likeness (QED) is 0.732. The summed E-state index contributed by atoms with van der Waals surface area (Å²) in [6.07, 6.45) is 6.84. The van der Waals surface area contributed by atoms with Crippen LogP contribution in [0.25, 0.3) is 0 Å². The Morgan fingerprint density at radius 2 is 2.57 bits per heavy atom.